The van der Waals surface area contributed by atoms with Crippen molar-refractivity contribution < 1.29 is 22.7 Å². The van der Waals surface area contributed by atoms with Gasteiger partial charge in [-0.15, -0.1) is 0 Å². The first-order valence-electron chi connectivity index (χ1n) is 14.8. The topological polar surface area (TPSA) is 96.0 Å². The van der Waals surface area contributed by atoms with Crippen molar-refractivity contribution in [3.05, 3.63) is 124 Å². The van der Waals surface area contributed by atoms with Crippen LogP contribution in [0.4, 0.5) is 5.69 Å². The van der Waals surface area contributed by atoms with Crippen LogP contribution in [0.3, 0.4) is 0 Å². The van der Waals surface area contributed by atoms with E-state index in [0.29, 0.717) is 27.9 Å². The summed E-state index contributed by atoms with van der Waals surface area (Å²) in [5.74, 6) is -0.262. The minimum absolute atomic E-state index is 0.0169. The maximum absolute atomic E-state index is 14.5. The van der Waals surface area contributed by atoms with E-state index < -0.39 is 28.5 Å². The number of rotatable bonds is 14. The molecule has 0 saturated carbocycles. The molecule has 0 spiro atoms. The summed E-state index contributed by atoms with van der Waals surface area (Å²) in [6.45, 7) is 3.80. The smallest absolute Gasteiger partial charge is 0.264 e. The zero-order chi connectivity index (χ0) is 33.3. The van der Waals surface area contributed by atoms with E-state index in [0.717, 1.165) is 9.87 Å². The molecule has 11 heteroatoms. The monoisotopic (exact) mass is 681 g/mol. The second kappa shape index (κ2) is 16.0. The van der Waals surface area contributed by atoms with Crippen LogP contribution in [0.25, 0.3) is 0 Å². The quantitative estimate of drug-likeness (QED) is 0.162. The fraction of sp³-hybridized carbons (Fsp3) is 0.257. The molecule has 0 aliphatic heterocycles. The Morgan fingerprint density at radius 2 is 1.48 bits per heavy atom. The largest absolute Gasteiger partial charge is 0.497 e. The van der Waals surface area contributed by atoms with Gasteiger partial charge in [0.2, 0.25) is 11.8 Å². The predicted molar refractivity (Wildman–Crippen MR) is 183 cm³/mol. The summed E-state index contributed by atoms with van der Waals surface area (Å²) in [5, 5.41) is 3.85. The van der Waals surface area contributed by atoms with Crippen LogP contribution >= 0.6 is 23.2 Å². The Bertz CT molecular complexity index is 1720. The number of halogens is 2. The molecule has 0 saturated heterocycles. The van der Waals surface area contributed by atoms with Gasteiger partial charge >= 0.3 is 0 Å². The van der Waals surface area contributed by atoms with Crippen molar-refractivity contribution in [1.82, 2.24) is 10.2 Å². The Balaban J connectivity index is 1.79. The molecule has 4 rings (SSSR count). The predicted octanol–water partition coefficient (Wildman–Crippen LogP) is 6.61. The number of benzene rings is 4. The van der Waals surface area contributed by atoms with Gasteiger partial charge in [-0.05, 0) is 77.7 Å². The highest BCUT2D eigenvalue weighted by Gasteiger charge is 2.34. The summed E-state index contributed by atoms with van der Waals surface area (Å²) >= 11 is 12.4. The molecule has 4 aromatic carbocycles. The summed E-state index contributed by atoms with van der Waals surface area (Å²) in [6.07, 6.45) is 0.212. The molecule has 242 valence electrons. The third kappa shape index (κ3) is 9.25. The van der Waals surface area contributed by atoms with E-state index in [9.17, 15) is 18.0 Å². The van der Waals surface area contributed by atoms with E-state index in [-0.39, 0.29) is 35.4 Å². The number of nitrogens with zero attached hydrogens (tertiary/aromatic N) is 2. The van der Waals surface area contributed by atoms with Gasteiger partial charge in [0.05, 0.1) is 17.7 Å². The van der Waals surface area contributed by atoms with Crippen LogP contribution in [0.15, 0.2) is 108 Å². The minimum atomic E-state index is -4.26. The summed E-state index contributed by atoms with van der Waals surface area (Å²) in [7, 11) is -2.77. The van der Waals surface area contributed by atoms with Crippen molar-refractivity contribution in [3.8, 4) is 5.75 Å². The third-order valence-corrected chi connectivity index (χ3v) is 9.51. The summed E-state index contributed by atoms with van der Waals surface area (Å²) in [6, 6.07) is 27.5. The van der Waals surface area contributed by atoms with Gasteiger partial charge in [-0.2, -0.15) is 0 Å². The van der Waals surface area contributed by atoms with E-state index >= 15 is 0 Å². The van der Waals surface area contributed by atoms with E-state index in [1.54, 1.807) is 30.3 Å². The molecule has 0 radical (unpaired) electrons. The highest BCUT2D eigenvalue weighted by atomic mass is 35.5. The zero-order valence-electron chi connectivity index (χ0n) is 25.9. The van der Waals surface area contributed by atoms with Crippen LogP contribution < -0.4 is 14.4 Å². The number of ether oxygens (including phenoxy) is 1. The average Bonchev–Trinajstić information content (AvgIpc) is 3.05. The molecular formula is C35H37Cl2N3O5S. The maximum atomic E-state index is 14.5. The number of hydrogen-bond acceptors (Lipinski definition) is 5. The number of carbonyl (C=O) groups is 2. The SMILES string of the molecule is COc1ccc(S(=O)(=O)N(CC(=O)N(Cc2cccc(Cl)c2)[C@@H](Cc2ccccc2)C(=O)NCC(C)C)c2ccc(Cl)cc2)cc1. The molecule has 46 heavy (non-hydrogen) atoms. The Hall–Kier alpha value is -4.05. The molecule has 0 aromatic heterocycles. The van der Waals surface area contributed by atoms with E-state index in [1.165, 1.54) is 48.4 Å². The number of anilines is 1. The third-order valence-electron chi connectivity index (χ3n) is 7.24. The first kappa shape index (κ1) is 34.8. The molecule has 0 heterocycles. The van der Waals surface area contributed by atoms with E-state index in [2.05, 4.69) is 5.32 Å². The lowest BCUT2D eigenvalue weighted by molar-refractivity contribution is -0.140. The van der Waals surface area contributed by atoms with Crippen molar-refractivity contribution in [2.24, 2.45) is 5.92 Å². The zero-order valence-corrected chi connectivity index (χ0v) is 28.2. The van der Waals surface area contributed by atoms with Crippen molar-refractivity contribution in [1.29, 1.82) is 0 Å². The van der Waals surface area contributed by atoms with Crippen LogP contribution in [-0.2, 0) is 32.6 Å². The Labute approximate surface area is 280 Å². The van der Waals surface area contributed by atoms with Crippen molar-refractivity contribution in [2.45, 2.75) is 37.8 Å². The lowest BCUT2D eigenvalue weighted by Crippen LogP contribution is -2.53. The molecule has 4 aromatic rings. The van der Waals surface area contributed by atoms with Gasteiger partial charge < -0.3 is 15.0 Å². The average molecular weight is 683 g/mol. The van der Waals surface area contributed by atoms with Gasteiger partial charge in [-0.3, -0.25) is 13.9 Å². The minimum Gasteiger partial charge on any atom is -0.497 e. The number of carbonyl (C=O) groups excluding carboxylic acids is 2. The van der Waals surface area contributed by atoms with Crippen molar-refractivity contribution >= 4 is 50.7 Å². The normalized spacial score (nSPS) is 12.0. The Morgan fingerprint density at radius 1 is 0.826 bits per heavy atom. The van der Waals surface area contributed by atoms with Crippen molar-refractivity contribution in [3.63, 3.8) is 0 Å². The second-order valence-electron chi connectivity index (χ2n) is 11.2. The molecule has 1 atom stereocenters. The lowest BCUT2D eigenvalue weighted by Gasteiger charge is -2.34. The molecular weight excluding hydrogens is 645 g/mol. The van der Waals surface area contributed by atoms with Crippen LogP contribution in [0.2, 0.25) is 10.0 Å². The summed E-state index contributed by atoms with van der Waals surface area (Å²) in [5.41, 5.74) is 1.77. The fourth-order valence-corrected chi connectivity index (χ4v) is 6.57. The van der Waals surface area contributed by atoms with Crippen LogP contribution in [0.5, 0.6) is 5.75 Å². The lowest BCUT2D eigenvalue weighted by atomic mass is 10.0. The number of hydrogen-bond donors (Lipinski definition) is 1. The van der Waals surface area contributed by atoms with Crippen molar-refractivity contribution in [2.75, 3.05) is 24.5 Å². The van der Waals surface area contributed by atoms with Gasteiger partial charge in [0, 0.05) is 29.6 Å². The van der Waals surface area contributed by atoms with Gasteiger partial charge in [0.15, 0.2) is 0 Å². The standard InChI is InChI=1S/C35H37Cl2N3O5S/c1-25(2)22-38-35(42)33(21-26-8-5-4-6-9-26)39(23-27-10-7-11-29(37)20-27)34(41)24-40(30-14-12-28(36)13-15-30)46(43,44)32-18-16-31(45-3)17-19-32/h4-20,25,33H,21-24H2,1-3H3,(H,38,42)/t33-/m0/s1. The second-order valence-corrected chi connectivity index (χ2v) is 13.9. The summed E-state index contributed by atoms with van der Waals surface area (Å²) in [4.78, 5) is 29.7. The molecule has 0 fully saturated rings. The van der Waals surface area contributed by atoms with Crippen LogP contribution in [0, 0.1) is 5.92 Å². The first-order chi connectivity index (χ1) is 22.0. The Morgan fingerprint density at radius 3 is 2.09 bits per heavy atom. The fourth-order valence-electron chi connectivity index (χ4n) is 4.82. The van der Waals surface area contributed by atoms with Gasteiger partial charge in [0.25, 0.3) is 10.0 Å². The molecule has 1 N–H and O–H groups in total. The highest BCUT2D eigenvalue weighted by Crippen LogP contribution is 2.27. The maximum Gasteiger partial charge on any atom is 0.264 e. The molecule has 0 unspecified atom stereocenters. The van der Waals surface area contributed by atoms with Crippen LogP contribution in [0.1, 0.15) is 25.0 Å². The number of amides is 2. The molecule has 0 aliphatic rings. The van der Waals surface area contributed by atoms with Gasteiger partial charge in [-0.1, -0.05) is 79.5 Å². The highest BCUT2D eigenvalue weighted by molar-refractivity contribution is 7.92. The molecule has 2 amide bonds. The summed E-state index contributed by atoms with van der Waals surface area (Å²) < 4.78 is 34.5. The molecule has 8 nitrogen and oxygen atoms in total. The Kier molecular flexibility index (Phi) is 12.1. The van der Waals surface area contributed by atoms with E-state index in [1.807, 2.05) is 50.2 Å². The number of methoxy groups -OCH3 is 1. The van der Waals surface area contributed by atoms with Gasteiger partial charge in [-0.25, -0.2) is 8.42 Å². The van der Waals surface area contributed by atoms with E-state index in [4.69, 9.17) is 27.9 Å². The number of nitrogens with one attached hydrogen (secondary N) is 1. The number of sulfonamides is 1. The first-order valence-corrected chi connectivity index (χ1v) is 17.0. The molecule has 0 aliphatic carbocycles. The van der Waals surface area contributed by atoms with Gasteiger partial charge in [0.1, 0.15) is 18.3 Å². The molecule has 0 bridgehead atoms. The van der Waals surface area contributed by atoms with Crippen LogP contribution in [-0.4, -0.2) is 51.4 Å².